The van der Waals surface area contributed by atoms with Gasteiger partial charge in [0.2, 0.25) is 5.91 Å². The number of phosphoric acid groups is 1. The molecule has 0 heterocycles. The van der Waals surface area contributed by atoms with Crippen LogP contribution in [0.5, 0.6) is 0 Å². The van der Waals surface area contributed by atoms with Crippen molar-refractivity contribution in [2.24, 2.45) is 0 Å². The van der Waals surface area contributed by atoms with Gasteiger partial charge >= 0.3 is 19.8 Å². The van der Waals surface area contributed by atoms with Crippen LogP contribution in [0.2, 0.25) is 0 Å². The summed E-state index contributed by atoms with van der Waals surface area (Å²) in [4.78, 5) is 45.5. The smallest absolute Gasteiger partial charge is 0.472 e. The zero-order valence-corrected chi connectivity index (χ0v) is 32.0. The molecule has 0 aromatic rings. The molecule has 0 aliphatic heterocycles. The molecule has 0 fully saturated rings. The Bertz CT molecular complexity index is 862. The first-order valence-corrected chi connectivity index (χ1v) is 20.7. The van der Waals surface area contributed by atoms with E-state index < -0.39 is 31.4 Å². The number of aliphatic carboxylic acids is 1. The number of esters is 1. The molecule has 0 rings (SSSR count). The summed E-state index contributed by atoms with van der Waals surface area (Å²) in [6.07, 6.45) is 26.1. The molecule has 0 aromatic carbocycles. The van der Waals surface area contributed by atoms with Crippen LogP contribution in [-0.2, 0) is 32.7 Å². The molecule has 284 valence electrons. The summed E-state index contributed by atoms with van der Waals surface area (Å²) in [7, 11) is -3.93. The highest BCUT2D eigenvalue weighted by molar-refractivity contribution is 7.47. The van der Waals surface area contributed by atoms with Crippen molar-refractivity contribution in [3.05, 3.63) is 0 Å². The molecular weight excluding hydrogens is 633 g/mol. The van der Waals surface area contributed by atoms with Crippen molar-refractivity contribution in [2.75, 3.05) is 13.2 Å². The monoisotopic (exact) mass is 705 g/mol. The third-order valence-corrected chi connectivity index (χ3v) is 9.25. The summed E-state index contributed by atoms with van der Waals surface area (Å²) in [5.41, 5.74) is -0.711. The lowest BCUT2D eigenvalue weighted by Gasteiger charge is -2.24. The maximum absolute atomic E-state index is 12.4. The minimum atomic E-state index is -3.93. The van der Waals surface area contributed by atoms with E-state index in [1.165, 1.54) is 83.5 Å². The summed E-state index contributed by atoms with van der Waals surface area (Å²) >= 11 is 0. The molecule has 0 saturated heterocycles. The summed E-state index contributed by atoms with van der Waals surface area (Å²) in [6, 6.07) is -0.947. The van der Waals surface area contributed by atoms with Gasteiger partial charge in [-0.2, -0.15) is 0 Å². The van der Waals surface area contributed by atoms with Crippen LogP contribution < -0.4 is 5.32 Å². The number of hydrogen-bond acceptors (Lipinski definition) is 7. The second kappa shape index (κ2) is 30.4. The first-order valence-electron chi connectivity index (χ1n) is 19.2. The molecule has 0 bridgehead atoms. The number of carboxylic acid groups (broad SMARTS) is 1. The van der Waals surface area contributed by atoms with Crippen molar-refractivity contribution < 1.29 is 42.7 Å². The zero-order valence-electron chi connectivity index (χ0n) is 31.1. The molecule has 0 radical (unpaired) electrons. The summed E-state index contributed by atoms with van der Waals surface area (Å²) in [6.45, 7) is 7.98. The molecular formula is C37H72NO9P. The van der Waals surface area contributed by atoms with Gasteiger partial charge in [-0.1, -0.05) is 135 Å². The number of unbranched alkanes of at least 4 members (excludes halogenated alkanes) is 21. The Hall–Kier alpha value is -1.48. The second-order valence-corrected chi connectivity index (χ2v) is 15.7. The zero-order chi connectivity index (χ0) is 35.9. The molecule has 48 heavy (non-hydrogen) atoms. The van der Waals surface area contributed by atoms with Gasteiger partial charge in [-0.25, -0.2) is 9.36 Å². The third-order valence-electron chi connectivity index (χ3n) is 8.23. The van der Waals surface area contributed by atoms with E-state index in [0.29, 0.717) is 6.42 Å². The van der Waals surface area contributed by atoms with Crippen molar-refractivity contribution in [1.82, 2.24) is 5.32 Å². The van der Waals surface area contributed by atoms with Crippen LogP contribution in [0.4, 0.5) is 0 Å². The Morgan fingerprint density at radius 2 is 1.00 bits per heavy atom. The Kier molecular flexibility index (Phi) is 29.4. The lowest BCUT2D eigenvalue weighted by Crippen LogP contribution is -2.44. The lowest BCUT2D eigenvalue weighted by molar-refractivity contribution is -0.159. The molecule has 2 atom stereocenters. The molecule has 3 N–H and O–H groups in total. The fourth-order valence-electron chi connectivity index (χ4n) is 5.47. The van der Waals surface area contributed by atoms with Crippen molar-refractivity contribution in [3.63, 3.8) is 0 Å². The standard InChI is InChI=1S/C37H72NO9P/c1-5-6-7-8-9-10-17-20-23-26-31-45-48(43,44)46-32-27-24-21-18-15-13-11-12-14-16-19-22-25-28-34(39)38-33(29-30-35(40)41)36(42)47-37(2,3)4/h33H,5-32H2,1-4H3,(H,38,39)(H,40,41)(H,43,44). The molecule has 0 aliphatic rings. The van der Waals surface area contributed by atoms with Crippen LogP contribution in [0.15, 0.2) is 0 Å². The fourth-order valence-corrected chi connectivity index (χ4v) is 6.27. The van der Waals surface area contributed by atoms with Crippen LogP contribution in [-0.4, -0.2) is 52.7 Å². The van der Waals surface area contributed by atoms with E-state index in [1.54, 1.807) is 20.8 Å². The van der Waals surface area contributed by atoms with E-state index in [0.717, 1.165) is 64.2 Å². The van der Waals surface area contributed by atoms with Gasteiger partial charge in [-0.3, -0.25) is 18.6 Å². The first kappa shape index (κ1) is 46.5. The average molecular weight is 706 g/mol. The maximum atomic E-state index is 12.4. The molecule has 0 saturated carbocycles. The van der Waals surface area contributed by atoms with Gasteiger partial charge in [0, 0.05) is 12.8 Å². The molecule has 0 aliphatic carbocycles. The predicted octanol–water partition coefficient (Wildman–Crippen LogP) is 10.2. The van der Waals surface area contributed by atoms with Crippen LogP contribution in [0.3, 0.4) is 0 Å². The minimum Gasteiger partial charge on any atom is -0.481 e. The van der Waals surface area contributed by atoms with E-state index in [-0.39, 0.29) is 32.0 Å². The summed E-state index contributed by atoms with van der Waals surface area (Å²) in [5.74, 6) is -1.87. The first-order chi connectivity index (χ1) is 22.9. The number of phosphoric ester groups is 1. The van der Waals surface area contributed by atoms with Crippen LogP contribution in [0.1, 0.15) is 195 Å². The number of carbonyl (C=O) groups is 3. The topological polar surface area (TPSA) is 148 Å². The molecule has 10 nitrogen and oxygen atoms in total. The van der Waals surface area contributed by atoms with Crippen molar-refractivity contribution in [3.8, 4) is 0 Å². The van der Waals surface area contributed by atoms with Gasteiger partial charge < -0.3 is 20.1 Å². The van der Waals surface area contributed by atoms with E-state index in [2.05, 4.69) is 12.2 Å². The Morgan fingerprint density at radius 1 is 0.625 bits per heavy atom. The number of nitrogens with one attached hydrogen (secondary N) is 1. The highest BCUT2D eigenvalue weighted by Crippen LogP contribution is 2.43. The Balaban J connectivity index is 3.62. The normalized spacial score (nSPS) is 13.6. The van der Waals surface area contributed by atoms with Gasteiger partial charge in [-0.05, 0) is 46.5 Å². The summed E-state index contributed by atoms with van der Waals surface area (Å²) < 4.78 is 27.6. The van der Waals surface area contributed by atoms with E-state index in [9.17, 15) is 23.8 Å². The van der Waals surface area contributed by atoms with Crippen LogP contribution in [0, 0.1) is 0 Å². The number of amides is 1. The van der Waals surface area contributed by atoms with Crippen LogP contribution >= 0.6 is 7.82 Å². The van der Waals surface area contributed by atoms with E-state index in [4.69, 9.17) is 18.9 Å². The van der Waals surface area contributed by atoms with Crippen molar-refractivity contribution in [2.45, 2.75) is 206 Å². The highest BCUT2D eigenvalue weighted by atomic mass is 31.2. The molecule has 1 amide bonds. The molecule has 0 spiro atoms. The molecule has 2 unspecified atom stereocenters. The number of hydrogen-bond donors (Lipinski definition) is 3. The van der Waals surface area contributed by atoms with Gasteiger partial charge in [0.25, 0.3) is 0 Å². The van der Waals surface area contributed by atoms with E-state index >= 15 is 0 Å². The second-order valence-electron chi connectivity index (χ2n) is 14.2. The Morgan fingerprint density at radius 3 is 1.38 bits per heavy atom. The average Bonchev–Trinajstić information content (AvgIpc) is 3.00. The van der Waals surface area contributed by atoms with Gasteiger partial charge in [0.1, 0.15) is 11.6 Å². The van der Waals surface area contributed by atoms with Crippen LogP contribution in [0.25, 0.3) is 0 Å². The SMILES string of the molecule is CCCCCCCCCCCCOP(=O)(O)OCCCCCCCCCCCCCCCC(=O)NC(CCC(=O)O)C(=O)OC(C)(C)C. The molecule has 11 heteroatoms. The summed E-state index contributed by atoms with van der Waals surface area (Å²) in [5, 5.41) is 11.6. The quantitative estimate of drug-likeness (QED) is 0.0338. The Labute approximate surface area is 292 Å². The van der Waals surface area contributed by atoms with Crippen molar-refractivity contribution in [1.29, 1.82) is 0 Å². The highest BCUT2D eigenvalue weighted by Gasteiger charge is 2.27. The predicted molar refractivity (Wildman–Crippen MR) is 193 cm³/mol. The van der Waals surface area contributed by atoms with Gasteiger partial charge in [-0.15, -0.1) is 0 Å². The number of carboxylic acids is 1. The number of carbonyl (C=O) groups excluding carboxylic acids is 2. The number of rotatable bonds is 34. The minimum absolute atomic E-state index is 0.00903. The fraction of sp³-hybridized carbons (Fsp3) is 0.919. The maximum Gasteiger partial charge on any atom is 0.472 e. The van der Waals surface area contributed by atoms with Crippen molar-refractivity contribution >= 4 is 25.7 Å². The van der Waals surface area contributed by atoms with E-state index in [1.807, 2.05) is 0 Å². The number of ether oxygens (including phenoxy) is 1. The molecule has 0 aromatic heterocycles. The largest absolute Gasteiger partial charge is 0.481 e. The van der Waals surface area contributed by atoms with Gasteiger partial charge in [0.05, 0.1) is 13.2 Å². The van der Waals surface area contributed by atoms with Gasteiger partial charge in [0.15, 0.2) is 0 Å². The third kappa shape index (κ3) is 33.0. The lowest BCUT2D eigenvalue weighted by atomic mass is 10.0.